The fraction of sp³-hybridized carbons (Fsp3) is 0.250. The van der Waals surface area contributed by atoms with Crippen LogP contribution in [-0.4, -0.2) is 53.0 Å². The second-order valence-corrected chi connectivity index (χ2v) is 8.12. The summed E-state index contributed by atoms with van der Waals surface area (Å²) < 4.78 is 0. The maximum atomic E-state index is 10.9. The zero-order chi connectivity index (χ0) is 23.5. The van der Waals surface area contributed by atoms with Crippen LogP contribution in [0.15, 0.2) is 54.7 Å². The van der Waals surface area contributed by atoms with E-state index in [-0.39, 0.29) is 5.69 Å². The Hall–Kier alpha value is -3.98. The second kappa shape index (κ2) is 9.25. The fourth-order valence-corrected chi connectivity index (χ4v) is 4.06. The first kappa shape index (κ1) is 22.2. The number of likely N-dealkylation sites (N-methyl/N-ethyl adjacent to an activating group) is 1. The van der Waals surface area contributed by atoms with E-state index in [0.717, 1.165) is 43.0 Å². The number of nitro groups is 1. The number of aryl methyl sites for hydroxylation is 1. The number of nitrogens with zero attached hydrogens (tertiary/aromatic N) is 5. The van der Waals surface area contributed by atoms with Gasteiger partial charge in [0.05, 0.1) is 10.6 Å². The molecule has 33 heavy (non-hydrogen) atoms. The molecule has 2 aromatic carbocycles. The number of nitrogen functional groups attached to an aromatic ring is 1. The number of hydrogen-bond donors (Lipinski definition) is 2. The van der Waals surface area contributed by atoms with E-state index in [0.29, 0.717) is 28.5 Å². The summed E-state index contributed by atoms with van der Waals surface area (Å²) in [5.41, 5.74) is 17.1. The lowest BCUT2D eigenvalue weighted by Crippen LogP contribution is -2.44. The Morgan fingerprint density at radius 2 is 1.79 bits per heavy atom. The van der Waals surface area contributed by atoms with E-state index in [9.17, 15) is 10.1 Å². The van der Waals surface area contributed by atoms with Gasteiger partial charge in [0.15, 0.2) is 5.82 Å². The van der Waals surface area contributed by atoms with E-state index in [2.05, 4.69) is 38.9 Å². The van der Waals surface area contributed by atoms with Crippen LogP contribution in [0.4, 0.5) is 17.2 Å². The third-order valence-corrected chi connectivity index (χ3v) is 5.92. The molecule has 0 saturated carbocycles. The minimum Gasteiger partial charge on any atom is -0.404 e. The highest BCUT2D eigenvalue weighted by Crippen LogP contribution is 2.32. The molecule has 0 bridgehead atoms. The van der Waals surface area contributed by atoms with Crippen molar-refractivity contribution < 1.29 is 4.92 Å². The first-order chi connectivity index (χ1) is 15.9. The molecule has 170 valence electrons. The minimum atomic E-state index is -0.436. The number of rotatable bonds is 5. The highest BCUT2D eigenvalue weighted by Gasteiger charge is 2.18. The molecule has 4 rings (SSSR count). The van der Waals surface area contributed by atoms with Gasteiger partial charge in [-0.1, -0.05) is 12.1 Å². The third kappa shape index (κ3) is 4.63. The number of nitrogens with two attached hydrogens (primary N) is 2. The predicted molar refractivity (Wildman–Crippen MR) is 131 cm³/mol. The Morgan fingerprint density at radius 1 is 1.09 bits per heavy atom. The Labute approximate surface area is 192 Å². The highest BCUT2D eigenvalue weighted by molar-refractivity contribution is 5.82. The molecule has 0 radical (unpaired) electrons. The van der Waals surface area contributed by atoms with Gasteiger partial charge in [0.2, 0.25) is 0 Å². The molecule has 2 heterocycles. The zero-order valence-electron chi connectivity index (χ0n) is 18.7. The van der Waals surface area contributed by atoms with Gasteiger partial charge in [-0.05, 0) is 49.4 Å². The van der Waals surface area contributed by atoms with E-state index in [4.69, 9.17) is 11.5 Å². The van der Waals surface area contributed by atoms with Gasteiger partial charge in [-0.25, -0.2) is 9.97 Å². The largest absolute Gasteiger partial charge is 0.404 e. The number of aromatic nitrogens is 2. The highest BCUT2D eigenvalue weighted by atomic mass is 16.6. The van der Waals surface area contributed by atoms with Gasteiger partial charge in [0.1, 0.15) is 5.82 Å². The quantitative estimate of drug-likeness (QED) is 0.453. The van der Waals surface area contributed by atoms with Gasteiger partial charge in [0.25, 0.3) is 5.69 Å². The molecule has 4 N–H and O–H groups in total. The van der Waals surface area contributed by atoms with Crippen LogP contribution in [0.25, 0.3) is 16.7 Å². The van der Waals surface area contributed by atoms with Gasteiger partial charge in [-0.2, -0.15) is 0 Å². The minimum absolute atomic E-state index is 0.0149. The van der Waals surface area contributed by atoms with E-state index in [1.54, 1.807) is 12.1 Å². The molecule has 1 saturated heterocycles. The van der Waals surface area contributed by atoms with Gasteiger partial charge < -0.3 is 21.3 Å². The number of benzene rings is 2. The lowest BCUT2D eigenvalue weighted by Gasteiger charge is -2.34. The number of anilines is 2. The van der Waals surface area contributed by atoms with E-state index >= 15 is 0 Å². The molecular formula is C24H27N7O2. The van der Waals surface area contributed by atoms with Crippen molar-refractivity contribution in [1.29, 1.82) is 0 Å². The molecule has 0 unspecified atom stereocenters. The van der Waals surface area contributed by atoms with Crippen molar-refractivity contribution in [3.8, 4) is 11.1 Å². The van der Waals surface area contributed by atoms with E-state index in [1.165, 1.54) is 18.3 Å². The Morgan fingerprint density at radius 3 is 2.39 bits per heavy atom. The van der Waals surface area contributed by atoms with Crippen LogP contribution in [0.2, 0.25) is 0 Å². The van der Waals surface area contributed by atoms with Gasteiger partial charge >= 0.3 is 0 Å². The van der Waals surface area contributed by atoms with E-state index < -0.39 is 4.92 Å². The summed E-state index contributed by atoms with van der Waals surface area (Å²) in [5.74, 6) is 0.731. The van der Waals surface area contributed by atoms with Crippen LogP contribution in [0.3, 0.4) is 0 Å². The maximum absolute atomic E-state index is 10.9. The molecular weight excluding hydrogens is 418 g/mol. The summed E-state index contributed by atoms with van der Waals surface area (Å²) in [7, 11) is 2.13. The van der Waals surface area contributed by atoms with Crippen molar-refractivity contribution in [2.24, 2.45) is 5.73 Å². The molecule has 1 fully saturated rings. The van der Waals surface area contributed by atoms with Crippen molar-refractivity contribution >= 4 is 22.8 Å². The Balaban J connectivity index is 1.66. The van der Waals surface area contributed by atoms with Crippen molar-refractivity contribution in [3.63, 3.8) is 0 Å². The topological polar surface area (TPSA) is 127 Å². The van der Waals surface area contributed by atoms with E-state index in [1.807, 2.05) is 19.1 Å². The number of non-ortho nitro benzene ring substituents is 1. The first-order valence-corrected chi connectivity index (χ1v) is 10.7. The van der Waals surface area contributed by atoms with Gasteiger partial charge in [0, 0.05) is 61.3 Å². The standard InChI is InChI=1S/C24H27N7O2/c1-16-22(17-6-8-19(9-7-17)31(32)33)23(26)28-24(27-16)21(15-25)18-4-3-5-20(14-18)30-12-10-29(2)11-13-30/h3-9,14-15H,10-13,25H2,1-2H3,(H2,26,27,28). The predicted octanol–water partition coefficient (Wildman–Crippen LogP) is 3.04. The van der Waals surface area contributed by atoms with Crippen LogP contribution in [0, 0.1) is 17.0 Å². The van der Waals surface area contributed by atoms with Crippen molar-refractivity contribution in [3.05, 3.63) is 81.9 Å². The zero-order valence-corrected chi connectivity index (χ0v) is 18.7. The smallest absolute Gasteiger partial charge is 0.269 e. The van der Waals surface area contributed by atoms with Crippen molar-refractivity contribution in [2.75, 3.05) is 43.9 Å². The summed E-state index contributed by atoms with van der Waals surface area (Å²) in [6, 6.07) is 14.4. The summed E-state index contributed by atoms with van der Waals surface area (Å²) in [4.78, 5) is 24.4. The van der Waals surface area contributed by atoms with Gasteiger partial charge in [-0.3, -0.25) is 10.1 Å². The summed E-state index contributed by atoms with van der Waals surface area (Å²) in [5, 5.41) is 10.9. The number of nitro benzene ring substituents is 1. The summed E-state index contributed by atoms with van der Waals surface area (Å²) >= 11 is 0. The lowest BCUT2D eigenvalue weighted by molar-refractivity contribution is -0.384. The molecule has 0 spiro atoms. The Kier molecular flexibility index (Phi) is 6.23. The molecule has 9 nitrogen and oxygen atoms in total. The van der Waals surface area contributed by atoms with Crippen molar-refractivity contribution in [1.82, 2.24) is 14.9 Å². The normalized spacial score (nSPS) is 15.0. The molecule has 1 aliphatic rings. The third-order valence-electron chi connectivity index (χ3n) is 5.92. The first-order valence-electron chi connectivity index (χ1n) is 10.7. The summed E-state index contributed by atoms with van der Waals surface area (Å²) in [6.07, 6.45) is 1.50. The molecule has 1 aromatic heterocycles. The lowest BCUT2D eigenvalue weighted by atomic mass is 10.0. The van der Waals surface area contributed by atoms with Crippen LogP contribution in [-0.2, 0) is 0 Å². The average molecular weight is 446 g/mol. The number of hydrogen-bond acceptors (Lipinski definition) is 8. The Bertz CT molecular complexity index is 1180. The molecule has 0 atom stereocenters. The van der Waals surface area contributed by atoms with Crippen LogP contribution in [0.1, 0.15) is 17.1 Å². The summed E-state index contributed by atoms with van der Waals surface area (Å²) in [6.45, 7) is 5.81. The average Bonchev–Trinajstić information content (AvgIpc) is 2.80. The second-order valence-electron chi connectivity index (χ2n) is 8.12. The molecule has 1 aliphatic heterocycles. The van der Waals surface area contributed by atoms with Crippen LogP contribution < -0.4 is 16.4 Å². The molecule has 3 aromatic rings. The number of piperazine rings is 1. The van der Waals surface area contributed by atoms with Crippen LogP contribution >= 0.6 is 0 Å². The molecule has 9 heteroatoms. The molecule has 0 amide bonds. The van der Waals surface area contributed by atoms with Crippen molar-refractivity contribution in [2.45, 2.75) is 6.92 Å². The fourth-order valence-electron chi connectivity index (χ4n) is 4.06. The van der Waals surface area contributed by atoms with Gasteiger partial charge in [-0.15, -0.1) is 0 Å². The maximum Gasteiger partial charge on any atom is 0.269 e. The van der Waals surface area contributed by atoms with Crippen LogP contribution in [0.5, 0.6) is 0 Å². The monoisotopic (exact) mass is 445 g/mol. The SMILES string of the molecule is Cc1nc(C(=CN)c2cccc(N3CCN(C)CC3)c2)nc(N)c1-c1ccc([N+](=O)[O-])cc1. The molecule has 0 aliphatic carbocycles.